The lowest BCUT2D eigenvalue weighted by atomic mass is 9.96. The Morgan fingerprint density at radius 1 is 1.48 bits per heavy atom. The first-order valence-corrected chi connectivity index (χ1v) is 7.57. The van der Waals surface area contributed by atoms with E-state index in [1.54, 1.807) is 6.07 Å². The van der Waals surface area contributed by atoms with Crippen LogP contribution >= 0.6 is 0 Å². The highest BCUT2D eigenvalue weighted by Crippen LogP contribution is 2.34. The second-order valence-electron chi connectivity index (χ2n) is 6.07. The largest absolute Gasteiger partial charge is 0.373 e. The predicted molar refractivity (Wildman–Crippen MR) is 77.5 cm³/mol. The average molecular weight is 292 g/mol. The Kier molecular flexibility index (Phi) is 4.10. The molecule has 114 valence electrons. The van der Waals surface area contributed by atoms with Crippen molar-refractivity contribution in [3.63, 3.8) is 0 Å². The Balaban J connectivity index is 1.46. The van der Waals surface area contributed by atoms with Gasteiger partial charge in [0.1, 0.15) is 5.82 Å². The highest BCUT2D eigenvalue weighted by molar-refractivity contribution is 5.74. The van der Waals surface area contributed by atoms with E-state index >= 15 is 0 Å². The summed E-state index contributed by atoms with van der Waals surface area (Å²) in [6.45, 7) is 1.92. The van der Waals surface area contributed by atoms with Crippen LogP contribution in [-0.2, 0) is 11.2 Å². The fraction of sp³-hybridized carbons (Fsp3) is 0.562. The summed E-state index contributed by atoms with van der Waals surface area (Å²) in [4.78, 5) is 12.0. The minimum atomic E-state index is -0.247. The Morgan fingerprint density at radius 2 is 2.33 bits per heavy atom. The number of carbonyl (C=O) groups is 1. The molecule has 2 N–H and O–H groups in total. The molecule has 0 aromatic heterocycles. The van der Waals surface area contributed by atoms with Gasteiger partial charge < -0.3 is 15.4 Å². The molecule has 2 fully saturated rings. The van der Waals surface area contributed by atoms with Crippen molar-refractivity contribution in [3.05, 3.63) is 35.6 Å². The molecule has 5 heteroatoms. The van der Waals surface area contributed by atoms with Crippen LogP contribution in [-0.4, -0.2) is 30.3 Å². The number of urea groups is 1. The van der Waals surface area contributed by atoms with Crippen molar-refractivity contribution < 1.29 is 13.9 Å². The lowest BCUT2D eigenvalue weighted by Crippen LogP contribution is -2.49. The lowest BCUT2D eigenvalue weighted by molar-refractivity contribution is 0.0980. The molecule has 2 aliphatic rings. The highest BCUT2D eigenvalue weighted by Gasteiger charge is 2.41. The van der Waals surface area contributed by atoms with Gasteiger partial charge in [0.15, 0.2) is 0 Å². The summed E-state index contributed by atoms with van der Waals surface area (Å²) in [5.41, 5.74) is 0.881. The molecule has 1 aromatic rings. The molecule has 4 nitrogen and oxygen atoms in total. The van der Waals surface area contributed by atoms with Crippen molar-refractivity contribution in [2.45, 2.75) is 56.9 Å². The van der Waals surface area contributed by atoms with E-state index in [2.05, 4.69) is 10.6 Å². The molecule has 3 rings (SSSR count). The molecule has 0 radical (unpaired) electrons. The number of carbonyl (C=O) groups excluding carboxylic acids is 1. The fourth-order valence-corrected chi connectivity index (χ4v) is 3.29. The van der Waals surface area contributed by atoms with Gasteiger partial charge in [-0.25, -0.2) is 9.18 Å². The van der Waals surface area contributed by atoms with Crippen molar-refractivity contribution in [2.24, 2.45) is 0 Å². The van der Waals surface area contributed by atoms with Gasteiger partial charge >= 0.3 is 6.03 Å². The van der Waals surface area contributed by atoms with E-state index in [1.807, 2.05) is 13.0 Å². The van der Waals surface area contributed by atoms with Crippen LogP contribution in [0.25, 0.3) is 0 Å². The molecule has 0 aliphatic carbocycles. The van der Waals surface area contributed by atoms with Crippen LogP contribution in [0.4, 0.5) is 9.18 Å². The third-order valence-electron chi connectivity index (χ3n) is 4.23. The standard InChI is InChI=1S/C16H21FN2O2/c1-10(7-11-3-2-4-12(17)8-11)18-16(20)19-14-9-13-5-6-15(14)21-13/h2-4,8,10,13-15H,5-7,9H2,1H3,(H2,18,19,20). The number of nitrogens with one attached hydrogen (secondary N) is 2. The molecule has 1 aromatic carbocycles. The maximum atomic E-state index is 13.1. The molecule has 2 heterocycles. The van der Waals surface area contributed by atoms with Crippen molar-refractivity contribution in [1.29, 1.82) is 0 Å². The summed E-state index contributed by atoms with van der Waals surface area (Å²) in [6.07, 6.45) is 4.17. The first kappa shape index (κ1) is 14.3. The number of fused-ring (bicyclic) bond motifs is 2. The number of halogens is 1. The van der Waals surface area contributed by atoms with Crippen molar-refractivity contribution in [1.82, 2.24) is 10.6 Å². The topological polar surface area (TPSA) is 50.4 Å². The van der Waals surface area contributed by atoms with Crippen molar-refractivity contribution in [2.75, 3.05) is 0 Å². The van der Waals surface area contributed by atoms with Gasteiger partial charge in [-0.2, -0.15) is 0 Å². The summed E-state index contributed by atoms with van der Waals surface area (Å²) in [5, 5.41) is 5.90. The molecular weight excluding hydrogens is 271 g/mol. The molecule has 4 atom stereocenters. The van der Waals surface area contributed by atoms with Gasteiger partial charge in [0.05, 0.1) is 18.2 Å². The third-order valence-corrected chi connectivity index (χ3v) is 4.23. The Hall–Kier alpha value is -1.62. The smallest absolute Gasteiger partial charge is 0.315 e. The van der Waals surface area contributed by atoms with Gasteiger partial charge in [0, 0.05) is 6.04 Å². The van der Waals surface area contributed by atoms with Gasteiger partial charge in [0.25, 0.3) is 0 Å². The van der Waals surface area contributed by atoms with Crippen LogP contribution in [0.1, 0.15) is 31.7 Å². The summed E-state index contributed by atoms with van der Waals surface area (Å²) >= 11 is 0. The van der Waals surface area contributed by atoms with E-state index in [9.17, 15) is 9.18 Å². The lowest BCUT2D eigenvalue weighted by Gasteiger charge is -2.22. The monoisotopic (exact) mass is 292 g/mol. The van der Waals surface area contributed by atoms with E-state index in [0.717, 1.165) is 24.8 Å². The predicted octanol–water partition coefficient (Wildman–Crippen LogP) is 2.38. The minimum Gasteiger partial charge on any atom is -0.373 e. The van der Waals surface area contributed by atoms with E-state index in [0.29, 0.717) is 12.5 Å². The maximum Gasteiger partial charge on any atom is 0.315 e. The number of rotatable bonds is 4. The summed E-state index contributed by atoms with van der Waals surface area (Å²) in [7, 11) is 0. The average Bonchev–Trinajstić information content (AvgIpc) is 3.00. The zero-order valence-corrected chi connectivity index (χ0v) is 12.1. The zero-order chi connectivity index (χ0) is 14.8. The number of amides is 2. The van der Waals surface area contributed by atoms with Crippen molar-refractivity contribution >= 4 is 6.03 Å². The molecule has 2 saturated heterocycles. The van der Waals surface area contributed by atoms with Crippen LogP contribution in [0.5, 0.6) is 0 Å². The van der Waals surface area contributed by atoms with Gasteiger partial charge in [-0.15, -0.1) is 0 Å². The van der Waals surface area contributed by atoms with E-state index < -0.39 is 0 Å². The zero-order valence-electron chi connectivity index (χ0n) is 12.1. The van der Waals surface area contributed by atoms with Crippen LogP contribution in [0.15, 0.2) is 24.3 Å². The second kappa shape index (κ2) is 6.02. The minimum absolute atomic E-state index is 0.0497. The van der Waals surface area contributed by atoms with E-state index in [-0.39, 0.29) is 30.0 Å². The van der Waals surface area contributed by atoms with Gasteiger partial charge in [-0.1, -0.05) is 12.1 Å². The molecule has 2 aliphatic heterocycles. The Bertz CT molecular complexity index is 523. The van der Waals surface area contributed by atoms with Gasteiger partial charge in [0.2, 0.25) is 0 Å². The molecule has 4 unspecified atom stereocenters. The number of benzene rings is 1. The highest BCUT2D eigenvalue weighted by atomic mass is 19.1. The van der Waals surface area contributed by atoms with E-state index in [4.69, 9.17) is 4.74 Å². The molecule has 21 heavy (non-hydrogen) atoms. The quantitative estimate of drug-likeness (QED) is 0.895. The Morgan fingerprint density at radius 3 is 3.00 bits per heavy atom. The number of hydrogen-bond donors (Lipinski definition) is 2. The van der Waals surface area contributed by atoms with Crippen molar-refractivity contribution in [3.8, 4) is 0 Å². The third kappa shape index (κ3) is 3.53. The first-order valence-electron chi connectivity index (χ1n) is 7.57. The summed E-state index contributed by atoms with van der Waals surface area (Å²) in [5.74, 6) is -0.247. The summed E-state index contributed by atoms with van der Waals surface area (Å²) < 4.78 is 18.8. The Labute approximate surface area is 124 Å². The van der Waals surface area contributed by atoms with E-state index in [1.165, 1.54) is 12.1 Å². The maximum absolute atomic E-state index is 13.1. The SMILES string of the molecule is CC(Cc1cccc(F)c1)NC(=O)NC1CC2CCC1O2. The van der Waals surface area contributed by atoms with Gasteiger partial charge in [-0.05, 0) is 50.3 Å². The van der Waals surface area contributed by atoms with Crippen LogP contribution in [0, 0.1) is 5.82 Å². The summed E-state index contributed by atoms with van der Waals surface area (Å²) in [6, 6.07) is 6.38. The molecule has 2 bridgehead atoms. The molecular formula is C16H21FN2O2. The molecule has 2 amide bonds. The van der Waals surface area contributed by atoms with Crippen LogP contribution < -0.4 is 10.6 Å². The first-order chi connectivity index (χ1) is 10.1. The normalized spacial score (nSPS) is 28.4. The molecule has 0 spiro atoms. The number of hydrogen-bond acceptors (Lipinski definition) is 2. The van der Waals surface area contributed by atoms with Crippen LogP contribution in [0.2, 0.25) is 0 Å². The number of ether oxygens (including phenoxy) is 1. The van der Waals surface area contributed by atoms with Gasteiger partial charge in [-0.3, -0.25) is 0 Å². The van der Waals surface area contributed by atoms with Crippen LogP contribution in [0.3, 0.4) is 0 Å². The fourth-order valence-electron chi connectivity index (χ4n) is 3.29. The second-order valence-corrected chi connectivity index (χ2v) is 6.07. The molecule has 0 saturated carbocycles.